The molecule has 5 heteroatoms. The van der Waals surface area contributed by atoms with E-state index in [4.69, 9.17) is 0 Å². The van der Waals surface area contributed by atoms with Gasteiger partial charge in [0, 0.05) is 36.6 Å². The Morgan fingerprint density at radius 1 is 1.07 bits per heavy atom. The van der Waals surface area contributed by atoms with Gasteiger partial charge in [0.2, 0.25) is 11.8 Å². The van der Waals surface area contributed by atoms with Crippen LogP contribution in [-0.4, -0.2) is 42.6 Å². The highest BCUT2D eigenvalue weighted by molar-refractivity contribution is 7.98. The van der Waals surface area contributed by atoms with Crippen molar-refractivity contribution in [1.82, 2.24) is 4.90 Å². The molecule has 0 spiro atoms. The Bertz CT molecular complexity index is 893. The van der Waals surface area contributed by atoms with Crippen LogP contribution in [0.5, 0.6) is 0 Å². The third-order valence-corrected chi connectivity index (χ3v) is 6.27. The van der Waals surface area contributed by atoms with E-state index in [2.05, 4.69) is 18.2 Å². The number of hydrogen-bond donors (Lipinski definition) is 0. The second-order valence-corrected chi connectivity index (χ2v) is 8.11. The third kappa shape index (κ3) is 3.85. The van der Waals surface area contributed by atoms with Crippen molar-refractivity contribution in [2.24, 2.45) is 5.92 Å². The van der Waals surface area contributed by atoms with Crippen molar-refractivity contribution in [3.8, 4) is 0 Å². The summed E-state index contributed by atoms with van der Waals surface area (Å²) in [5, 5.41) is 0. The Morgan fingerprint density at radius 3 is 2.46 bits per heavy atom. The molecule has 2 aromatic carbocycles. The van der Waals surface area contributed by atoms with E-state index in [1.807, 2.05) is 53.6 Å². The molecule has 4 nitrogen and oxygen atoms in total. The molecule has 28 heavy (non-hydrogen) atoms. The predicted octanol–water partition coefficient (Wildman–Crippen LogP) is 4.08. The lowest BCUT2D eigenvalue weighted by molar-refractivity contribution is -0.135. The zero-order valence-electron chi connectivity index (χ0n) is 16.0. The summed E-state index contributed by atoms with van der Waals surface area (Å²) in [5.41, 5.74) is 3.40. The molecule has 2 heterocycles. The molecule has 0 aliphatic carbocycles. The third-order valence-electron chi connectivity index (χ3n) is 5.52. The molecule has 2 amide bonds. The van der Waals surface area contributed by atoms with Crippen molar-refractivity contribution in [2.75, 3.05) is 30.8 Å². The van der Waals surface area contributed by atoms with E-state index in [-0.39, 0.29) is 17.7 Å². The fourth-order valence-corrected chi connectivity index (χ4v) is 4.33. The molecule has 0 N–H and O–H groups in total. The fraction of sp³-hybridized carbons (Fsp3) is 0.304. The van der Waals surface area contributed by atoms with E-state index < -0.39 is 0 Å². The van der Waals surface area contributed by atoms with Gasteiger partial charge in [0.15, 0.2) is 0 Å². The molecule has 1 atom stereocenters. The normalized spacial score (nSPS) is 19.7. The SMILES string of the molecule is CSc1ccc(N2C[C@@H](C(=O)N3CC=C(c4ccccc4)CC3)CC2=O)cc1. The minimum atomic E-state index is -0.251. The predicted molar refractivity (Wildman–Crippen MR) is 114 cm³/mol. The van der Waals surface area contributed by atoms with Gasteiger partial charge >= 0.3 is 0 Å². The van der Waals surface area contributed by atoms with Crippen LogP contribution >= 0.6 is 11.8 Å². The van der Waals surface area contributed by atoms with Gasteiger partial charge in [0.1, 0.15) is 0 Å². The number of carbonyl (C=O) groups excluding carboxylic acids is 2. The summed E-state index contributed by atoms with van der Waals surface area (Å²) < 4.78 is 0. The second-order valence-electron chi connectivity index (χ2n) is 7.23. The van der Waals surface area contributed by atoms with E-state index in [1.54, 1.807) is 16.7 Å². The Hall–Kier alpha value is -2.53. The maximum absolute atomic E-state index is 13.0. The Labute approximate surface area is 170 Å². The van der Waals surface area contributed by atoms with Crippen LogP contribution < -0.4 is 4.90 Å². The van der Waals surface area contributed by atoms with Gasteiger partial charge in [-0.1, -0.05) is 36.4 Å². The summed E-state index contributed by atoms with van der Waals surface area (Å²) in [7, 11) is 0. The quantitative estimate of drug-likeness (QED) is 0.736. The first-order valence-corrected chi connectivity index (χ1v) is 10.9. The number of thioether (sulfide) groups is 1. The summed E-state index contributed by atoms with van der Waals surface area (Å²) in [6, 6.07) is 18.3. The first-order valence-electron chi connectivity index (χ1n) is 9.63. The molecular formula is C23H24N2O2S. The van der Waals surface area contributed by atoms with Gasteiger partial charge < -0.3 is 9.80 Å². The molecular weight excluding hydrogens is 368 g/mol. The maximum atomic E-state index is 13.0. The highest BCUT2D eigenvalue weighted by atomic mass is 32.2. The summed E-state index contributed by atoms with van der Waals surface area (Å²) in [6.07, 6.45) is 5.33. The van der Waals surface area contributed by atoms with Crippen molar-refractivity contribution >= 4 is 34.8 Å². The van der Waals surface area contributed by atoms with Gasteiger partial charge in [-0.2, -0.15) is 0 Å². The van der Waals surface area contributed by atoms with Crippen LogP contribution in [0.15, 0.2) is 65.6 Å². The van der Waals surface area contributed by atoms with Crippen molar-refractivity contribution in [2.45, 2.75) is 17.7 Å². The Balaban J connectivity index is 1.40. The molecule has 0 unspecified atom stereocenters. The minimum Gasteiger partial charge on any atom is -0.338 e. The lowest BCUT2D eigenvalue weighted by Crippen LogP contribution is -2.39. The number of nitrogens with zero attached hydrogens (tertiary/aromatic N) is 2. The topological polar surface area (TPSA) is 40.6 Å². The number of rotatable bonds is 4. The summed E-state index contributed by atoms with van der Waals surface area (Å²) in [5.74, 6) is -0.118. The van der Waals surface area contributed by atoms with Gasteiger partial charge in [-0.25, -0.2) is 0 Å². The molecule has 0 bridgehead atoms. The van der Waals surface area contributed by atoms with Gasteiger partial charge in [-0.05, 0) is 48.1 Å². The number of hydrogen-bond acceptors (Lipinski definition) is 3. The number of anilines is 1. The highest BCUT2D eigenvalue weighted by Gasteiger charge is 2.37. The number of benzene rings is 2. The fourth-order valence-electron chi connectivity index (χ4n) is 3.93. The highest BCUT2D eigenvalue weighted by Crippen LogP contribution is 2.29. The first-order chi connectivity index (χ1) is 13.7. The van der Waals surface area contributed by atoms with Gasteiger partial charge in [-0.3, -0.25) is 9.59 Å². The van der Waals surface area contributed by atoms with Crippen LogP contribution in [0.1, 0.15) is 18.4 Å². The molecule has 144 valence electrons. The van der Waals surface area contributed by atoms with Crippen LogP contribution in [0, 0.1) is 5.92 Å². The van der Waals surface area contributed by atoms with Gasteiger partial charge in [0.25, 0.3) is 0 Å². The van der Waals surface area contributed by atoms with Crippen LogP contribution in [0.3, 0.4) is 0 Å². The van der Waals surface area contributed by atoms with Crippen molar-refractivity contribution in [3.05, 3.63) is 66.2 Å². The van der Waals surface area contributed by atoms with Crippen molar-refractivity contribution in [3.63, 3.8) is 0 Å². The largest absolute Gasteiger partial charge is 0.338 e. The van der Waals surface area contributed by atoms with E-state index >= 15 is 0 Å². The second kappa shape index (κ2) is 8.23. The molecule has 0 radical (unpaired) electrons. The van der Waals surface area contributed by atoms with Crippen molar-refractivity contribution < 1.29 is 9.59 Å². The van der Waals surface area contributed by atoms with Gasteiger partial charge in [0.05, 0.1) is 5.92 Å². The van der Waals surface area contributed by atoms with Crippen LogP contribution in [0.4, 0.5) is 5.69 Å². The van der Waals surface area contributed by atoms with Crippen LogP contribution in [0.2, 0.25) is 0 Å². The lowest BCUT2D eigenvalue weighted by Gasteiger charge is -2.29. The smallest absolute Gasteiger partial charge is 0.228 e. The summed E-state index contributed by atoms with van der Waals surface area (Å²) in [6.45, 7) is 1.81. The first kappa shape index (κ1) is 18.8. The molecule has 2 aliphatic heterocycles. The van der Waals surface area contributed by atoms with E-state index in [9.17, 15) is 9.59 Å². The van der Waals surface area contributed by atoms with E-state index in [0.29, 0.717) is 26.1 Å². The number of carbonyl (C=O) groups is 2. The molecule has 4 rings (SSSR count). The molecule has 1 saturated heterocycles. The Morgan fingerprint density at radius 2 is 1.82 bits per heavy atom. The average Bonchev–Trinajstić information content (AvgIpc) is 3.15. The van der Waals surface area contributed by atoms with Crippen LogP contribution in [-0.2, 0) is 9.59 Å². The minimum absolute atomic E-state index is 0.0350. The molecule has 1 fully saturated rings. The van der Waals surface area contributed by atoms with Crippen LogP contribution in [0.25, 0.3) is 5.57 Å². The maximum Gasteiger partial charge on any atom is 0.228 e. The molecule has 0 saturated carbocycles. The summed E-state index contributed by atoms with van der Waals surface area (Å²) >= 11 is 1.67. The zero-order valence-corrected chi connectivity index (χ0v) is 16.8. The van der Waals surface area contributed by atoms with E-state index in [1.165, 1.54) is 11.1 Å². The lowest BCUT2D eigenvalue weighted by atomic mass is 9.98. The Kier molecular flexibility index (Phi) is 5.53. The standard InChI is InChI=1S/C23H24N2O2S/c1-28-21-9-7-20(8-10-21)25-16-19(15-22(25)26)23(27)24-13-11-18(12-14-24)17-5-3-2-4-6-17/h2-11,19H,12-16H2,1H3/t19-/m0/s1. The molecule has 2 aliphatic rings. The summed E-state index contributed by atoms with van der Waals surface area (Å²) in [4.78, 5) is 30.3. The molecule has 2 aromatic rings. The average molecular weight is 393 g/mol. The number of amides is 2. The zero-order chi connectivity index (χ0) is 19.5. The van der Waals surface area contributed by atoms with Crippen molar-refractivity contribution in [1.29, 1.82) is 0 Å². The monoisotopic (exact) mass is 392 g/mol. The van der Waals surface area contributed by atoms with E-state index in [0.717, 1.165) is 17.0 Å². The van der Waals surface area contributed by atoms with Gasteiger partial charge in [-0.15, -0.1) is 11.8 Å². The molecule has 0 aromatic heterocycles.